The van der Waals surface area contributed by atoms with Crippen LogP contribution in [-0.2, 0) is 14.3 Å². The first-order valence-electron chi connectivity index (χ1n) is 27.0. The number of carbonyl (C=O) groups excluding carboxylic acids is 2. The van der Waals surface area contributed by atoms with Gasteiger partial charge < -0.3 is 20.3 Å². The Hall–Kier alpha value is -1.40. The van der Waals surface area contributed by atoms with E-state index in [9.17, 15) is 19.8 Å². The standard InChI is InChI=1S/C54H105NO5/c1-3-5-7-9-11-13-15-17-19-20-21-23-24-26-30-34-38-42-46-52(57)51(50-56)55-53(58)47-43-39-35-31-28-29-33-37-41-45-49-60-54(59)48-44-40-36-32-27-25-22-18-16-14-12-10-8-6-4-2/h42,46,51-52,56-57H,3-41,43-45,47-50H2,1-2H3,(H,55,58)/b46-42+. The molecule has 356 valence electrons. The Balaban J connectivity index is 3.50. The molecule has 6 nitrogen and oxygen atoms in total. The maximum absolute atomic E-state index is 12.4. The van der Waals surface area contributed by atoms with Crippen LogP contribution in [0, 0.1) is 0 Å². The van der Waals surface area contributed by atoms with E-state index < -0.39 is 12.1 Å². The summed E-state index contributed by atoms with van der Waals surface area (Å²) < 4.78 is 5.46. The molecule has 2 atom stereocenters. The van der Waals surface area contributed by atoms with Crippen molar-refractivity contribution in [2.45, 2.75) is 309 Å². The smallest absolute Gasteiger partial charge is 0.305 e. The number of amides is 1. The molecule has 0 heterocycles. The van der Waals surface area contributed by atoms with E-state index in [1.807, 2.05) is 6.08 Å². The van der Waals surface area contributed by atoms with Gasteiger partial charge in [-0.2, -0.15) is 0 Å². The van der Waals surface area contributed by atoms with Gasteiger partial charge in [0.1, 0.15) is 0 Å². The highest BCUT2D eigenvalue weighted by atomic mass is 16.5. The Morgan fingerprint density at radius 2 is 0.767 bits per heavy atom. The number of aliphatic hydroxyl groups excluding tert-OH is 2. The maximum Gasteiger partial charge on any atom is 0.305 e. The van der Waals surface area contributed by atoms with Crippen LogP contribution in [0.3, 0.4) is 0 Å². The van der Waals surface area contributed by atoms with Crippen LogP contribution in [0.1, 0.15) is 296 Å². The van der Waals surface area contributed by atoms with Crippen molar-refractivity contribution in [1.82, 2.24) is 5.32 Å². The minimum atomic E-state index is -0.858. The number of hydrogen-bond donors (Lipinski definition) is 3. The minimum Gasteiger partial charge on any atom is -0.466 e. The van der Waals surface area contributed by atoms with Gasteiger partial charge in [-0.25, -0.2) is 0 Å². The van der Waals surface area contributed by atoms with E-state index in [2.05, 4.69) is 19.2 Å². The number of rotatable bonds is 50. The van der Waals surface area contributed by atoms with E-state index in [1.165, 1.54) is 212 Å². The summed E-state index contributed by atoms with van der Waals surface area (Å²) in [5.74, 6) is -0.105. The predicted octanol–water partition coefficient (Wildman–Crippen LogP) is 16.1. The highest BCUT2D eigenvalue weighted by Crippen LogP contribution is 2.17. The van der Waals surface area contributed by atoms with Crippen LogP contribution in [0.5, 0.6) is 0 Å². The first-order valence-corrected chi connectivity index (χ1v) is 27.0. The summed E-state index contributed by atoms with van der Waals surface area (Å²) in [5, 5.41) is 23.1. The van der Waals surface area contributed by atoms with Crippen LogP contribution >= 0.6 is 0 Å². The number of aliphatic hydroxyl groups is 2. The molecule has 0 saturated carbocycles. The molecule has 60 heavy (non-hydrogen) atoms. The molecule has 0 aromatic carbocycles. The molecule has 0 fully saturated rings. The first kappa shape index (κ1) is 58.6. The van der Waals surface area contributed by atoms with E-state index in [0.29, 0.717) is 19.4 Å². The quantitative estimate of drug-likeness (QED) is 0.0322. The topological polar surface area (TPSA) is 95.9 Å². The van der Waals surface area contributed by atoms with Crippen molar-refractivity contribution in [1.29, 1.82) is 0 Å². The van der Waals surface area contributed by atoms with E-state index in [0.717, 1.165) is 57.8 Å². The fourth-order valence-corrected chi connectivity index (χ4v) is 8.40. The third-order valence-electron chi connectivity index (χ3n) is 12.6. The van der Waals surface area contributed by atoms with Gasteiger partial charge in [0.2, 0.25) is 5.91 Å². The van der Waals surface area contributed by atoms with Crippen molar-refractivity contribution in [2.24, 2.45) is 0 Å². The van der Waals surface area contributed by atoms with Gasteiger partial charge in [0, 0.05) is 12.8 Å². The molecular weight excluding hydrogens is 743 g/mol. The molecule has 0 aromatic rings. The average molecular weight is 848 g/mol. The van der Waals surface area contributed by atoms with Gasteiger partial charge in [0.15, 0.2) is 0 Å². The lowest BCUT2D eigenvalue weighted by atomic mass is 10.0. The predicted molar refractivity (Wildman–Crippen MR) is 260 cm³/mol. The highest BCUT2D eigenvalue weighted by Gasteiger charge is 2.18. The summed E-state index contributed by atoms with van der Waals surface area (Å²) in [6.07, 6.45) is 57.8. The fourth-order valence-electron chi connectivity index (χ4n) is 8.40. The summed E-state index contributed by atoms with van der Waals surface area (Å²) in [6, 6.07) is -0.643. The maximum atomic E-state index is 12.4. The van der Waals surface area contributed by atoms with Crippen molar-refractivity contribution in [3.05, 3.63) is 12.2 Å². The molecule has 0 radical (unpaired) electrons. The number of nitrogens with one attached hydrogen (secondary N) is 1. The Morgan fingerprint density at radius 3 is 1.13 bits per heavy atom. The Labute approximate surface area is 374 Å². The van der Waals surface area contributed by atoms with E-state index >= 15 is 0 Å². The average Bonchev–Trinajstić information content (AvgIpc) is 3.25. The molecule has 3 N–H and O–H groups in total. The number of hydrogen-bond acceptors (Lipinski definition) is 5. The number of ether oxygens (including phenoxy) is 1. The van der Waals surface area contributed by atoms with E-state index in [-0.39, 0.29) is 18.5 Å². The number of unbranched alkanes of at least 4 members (excludes halogenated alkanes) is 39. The molecule has 1 amide bonds. The lowest BCUT2D eigenvalue weighted by molar-refractivity contribution is -0.143. The van der Waals surface area contributed by atoms with Gasteiger partial charge in [0.25, 0.3) is 0 Å². The van der Waals surface area contributed by atoms with Crippen LogP contribution < -0.4 is 5.32 Å². The number of carbonyl (C=O) groups is 2. The van der Waals surface area contributed by atoms with Crippen LogP contribution in [0.25, 0.3) is 0 Å². The molecular formula is C54H105NO5. The van der Waals surface area contributed by atoms with Gasteiger partial charge in [0.05, 0.1) is 25.4 Å². The molecule has 2 unspecified atom stereocenters. The minimum absolute atomic E-state index is 0.0174. The second-order valence-electron chi connectivity index (χ2n) is 18.6. The van der Waals surface area contributed by atoms with E-state index in [4.69, 9.17) is 4.74 Å². The van der Waals surface area contributed by atoms with Crippen molar-refractivity contribution in [3.63, 3.8) is 0 Å². The van der Waals surface area contributed by atoms with Gasteiger partial charge in [-0.1, -0.05) is 264 Å². The Morgan fingerprint density at radius 1 is 0.450 bits per heavy atom. The molecule has 0 bridgehead atoms. The number of esters is 1. The molecule has 0 saturated heterocycles. The lowest BCUT2D eigenvalue weighted by Crippen LogP contribution is -2.45. The lowest BCUT2D eigenvalue weighted by Gasteiger charge is -2.20. The third-order valence-corrected chi connectivity index (χ3v) is 12.6. The largest absolute Gasteiger partial charge is 0.466 e. The normalized spacial score (nSPS) is 12.7. The summed E-state index contributed by atoms with van der Waals surface area (Å²) in [5.41, 5.74) is 0. The van der Waals surface area contributed by atoms with Crippen LogP contribution in [0.4, 0.5) is 0 Å². The monoisotopic (exact) mass is 848 g/mol. The van der Waals surface area contributed by atoms with Gasteiger partial charge in [-0.05, 0) is 32.1 Å². The zero-order chi connectivity index (χ0) is 43.7. The first-order chi connectivity index (χ1) is 29.5. The second-order valence-corrected chi connectivity index (χ2v) is 18.6. The molecule has 0 aliphatic heterocycles. The SMILES string of the molecule is CCCCCCCCCCCCCCCCCC/C=C/C(O)C(CO)NC(=O)CCCCCCCCCCCCOC(=O)CCCCCCCCCCCCCCCCC. The molecule has 0 aliphatic carbocycles. The van der Waals surface area contributed by atoms with E-state index in [1.54, 1.807) is 6.08 Å². The van der Waals surface area contributed by atoms with Crippen molar-refractivity contribution < 1.29 is 24.5 Å². The zero-order valence-electron chi connectivity index (χ0n) is 40.5. The van der Waals surface area contributed by atoms with Crippen LogP contribution in [0.15, 0.2) is 12.2 Å². The molecule has 0 aromatic heterocycles. The third kappa shape index (κ3) is 46.1. The van der Waals surface area contributed by atoms with Crippen LogP contribution in [0.2, 0.25) is 0 Å². The molecule has 0 aliphatic rings. The summed E-state index contributed by atoms with van der Waals surface area (Å²) in [4.78, 5) is 24.5. The van der Waals surface area contributed by atoms with Gasteiger partial charge in [-0.3, -0.25) is 9.59 Å². The Kier molecular flexibility index (Phi) is 49.1. The van der Waals surface area contributed by atoms with Crippen LogP contribution in [-0.4, -0.2) is 47.4 Å². The Bertz CT molecular complexity index is 893. The summed E-state index contributed by atoms with van der Waals surface area (Å²) >= 11 is 0. The van der Waals surface area contributed by atoms with Gasteiger partial charge >= 0.3 is 5.97 Å². The summed E-state index contributed by atoms with van der Waals surface area (Å²) in [7, 11) is 0. The summed E-state index contributed by atoms with van der Waals surface area (Å²) in [6.45, 7) is 4.87. The van der Waals surface area contributed by atoms with Crippen molar-refractivity contribution >= 4 is 11.9 Å². The molecule has 0 spiro atoms. The number of allylic oxidation sites excluding steroid dienone is 1. The van der Waals surface area contributed by atoms with Crippen molar-refractivity contribution in [2.75, 3.05) is 13.2 Å². The van der Waals surface area contributed by atoms with Crippen molar-refractivity contribution in [3.8, 4) is 0 Å². The second kappa shape index (κ2) is 50.2. The fraction of sp³-hybridized carbons (Fsp3) is 0.926. The van der Waals surface area contributed by atoms with Gasteiger partial charge in [-0.15, -0.1) is 0 Å². The highest BCUT2D eigenvalue weighted by molar-refractivity contribution is 5.76. The zero-order valence-corrected chi connectivity index (χ0v) is 40.5. The molecule has 0 rings (SSSR count). The molecule has 6 heteroatoms.